The van der Waals surface area contributed by atoms with Crippen molar-refractivity contribution in [1.29, 1.82) is 10.5 Å². The normalized spacial score (nSPS) is 20.8. The molecule has 1 aromatic rings. The fraction of sp³-hybridized carbons (Fsp3) is 0.368. The maximum absolute atomic E-state index is 9.16. The van der Waals surface area contributed by atoms with Gasteiger partial charge >= 0.3 is 0 Å². The van der Waals surface area contributed by atoms with Gasteiger partial charge in [-0.1, -0.05) is 56.3 Å². The number of nitrogens with zero attached hydrogens (tertiary/aromatic N) is 2. The Kier molecular flexibility index (Phi) is 4.61. The molecular weight excluding hydrogens is 256 g/mol. The van der Waals surface area contributed by atoms with Crippen LogP contribution in [0.25, 0.3) is 6.08 Å². The van der Waals surface area contributed by atoms with Crippen molar-refractivity contribution in [3.8, 4) is 12.1 Å². The molecule has 0 radical (unpaired) electrons. The first kappa shape index (κ1) is 15.1. The van der Waals surface area contributed by atoms with Gasteiger partial charge in [-0.2, -0.15) is 10.5 Å². The molecule has 0 aromatic heterocycles. The average molecular weight is 276 g/mol. The zero-order valence-electron chi connectivity index (χ0n) is 12.6. The number of benzene rings is 1. The lowest BCUT2D eigenvalue weighted by Gasteiger charge is -2.36. The van der Waals surface area contributed by atoms with E-state index in [0.717, 1.165) is 30.4 Å². The Balaban J connectivity index is 2.31. The molecule has 0 heterocycles. The average Bonchev–Trinajstić information content (AvgIpc) is 2.48. The Morgan fingerprint density at radius 1 is 1.19 bits per heavy atom. The quantitative estimate of drug-likeness (QED) is 0.723. The molecule has 0 bridgehead atoms. The van der Waals surface area contributed by atoms with E-state index in [-0.39, 0.29) is 11.3 Å². The van der Waals surface area contributed by atoms with Gasteiger partial charge in [0.2, 0.25) is 0 Å². The van der Waals surface area contributed by atoms with Crippen molar-refractivity contribution in [2.75, 3.05) is 0 Å². The zero-order valence-corrected chi connectivity index (χ0v) is 12.6. The number of rotatable bonds is 2. The SMILES string of the molecule is CC1(C)CCC(=C(C#N)C#N)C(C=Cc2ccccc2)C1. The highest BCUT2D eigenvalue weighted by Gasteiger charge is 2.31. The van der Waals surface area contributed by atoms with Crippen LogP contribution in [-0.4, -0.2) is 0 Å². The van der Waals surface area contributed by atoms with Crippen molar-refractivity contribution in [2.24, 2.45) is 11.3 Å². The largest absolute Gasteiger partial charge is 0.192 e. The minimum Gasteiger partial charge on any atom is -0.192 e. The standard InChI is InChI=1S/C19H20N2/c1-19(2)11-10-18(17(13-20)14-21)16(12-19)9-8-15-6-4-3-5-7-15/h3-9,16H,10-12H2,1-2H3. The summed E-state index contributed by atoms with van der Waals surface area (Å²) in [6, 6.07) is 14.3. The van der Waals surface area contributed by atoms with Crippen molar-refractivity contribution in [2.45, 2.75) is 33.1 Å². The van der Waals surface area contributed by atoms with Crippen molar-refractivity contribution >= 4 is 6.08 Å². The van der Waals surface area contributed by atoms with Gasteiger partial charge in [-0.05, 0) is 35.8 Å². The van der Waals surface area contributed by atoms with Gasteiger partial charge in [-0.15, -0.1) is 0 Å². The Labute approximate surface area is 127 Å². The van der Waals surface area contributed by atoms with E-state index in [1.54, 1.807) is 0 Å². The number of hydrogen-bond donors (Lipinski definition) is 0. The summed E-state index contributed by atoms with van der Waals surface area (Å²) in [7, 11) is 0. The van der Waals surface area contributed by atoms with Gasteiger partial charge < -0.3 is 0 Å². The van der Waals surface area contributed by atoms with Crippen LogP contribution in [0.15, 0.2) is 47.6 Å². The summed E-state index contributed by atoms with van der Waals surface area (Å²) in [6.45, 7) is 4.51. The summed E-state index contributed by atoms with van der Waals surface area (Å²) < 4.78 is 0. The second kappa shape index (κ2) is 6.42. The second-order valence-corrected chi connectivity index (χ2v) is 6.37. The first-order valence-corrected chi connectivity index (χ1v) is 7.32. The smallest absolute Gasteiger partial charge is 0.129 e. The molecule has 1 saturated carbocycles. The minimum absolute atomic E-state index is 0.184. The van der Waals surface area contributed by atoms with E-state index in [0.29, 0.717) is 5.57 Å². The summed E-state index contributed by atoms with van der Waals surface area (Å²) in [6.07, 6.45) is 7.11. The van der Waals surface area contributed by atoms with E-state index in [4.69, 9.17) is 10.5 Å². The molecule has 106 valence electrons. The van der Waals surface area contributed by atoms with Gasteiger partial charge in [-0.3, -0.25) is 0 Å². The number of allylic oxidation sites excluding steroid dienone is 3. The maximum Gasteiger partial charge on any atom is 0.129 e. The molecule has 0 saturated heterocycles. The van der Waals surface area contributed by atoms with Crippen molar-refractivity contribution in [1.82, 2.24) is 0 Å². The Hall–Kier alpha value is -2.32. The third-order valence-corrected chi connectivity index (χ3v) is 4.16. The van der Waals surface area contributed by atoms with Crippen LogP contribution in [0.5, 0.6) is 0 Å². The molecule has 1 atom stereocenters. The summed E-state index contributed by atoms with van der Waals surface area (Å²) in [4.78, 5) is 0. The predicted octanol–water partition coefficient (Wildman–Crippen LogP) is 4.87. The van der Waals surface area contributed by atoms with Crippen LogP contribution in [-0.2, 0) is 0 Å². The molecule has 1 fully saturated rings. The van der Waals surface area contributed by atoms with Gasteiger partial charge in [0.05, 0.1) is 0 Å². The highest BCUT2D eigenvalue weighted by Crippen LogP contribution is 2.43. The highest BCUT2D eigenvalue weighted by molar-refractivity contribution is 5.51. The first-order chi connectivity index (χ1) is 10.1. The predicted molar refractivity (Wildman–Crippen MR) is 84.9 cm³/mol. The van der Waals surface area contributed by atoms with Crippen LogP contribution in [0.3, 0.4) is 0 Å². The Morgan fingerprint density at radius 3 is 2.48 bits per heavy atom. The molecule has 1 aromatic carbocycles. The van der Waals surface area contributed by atoms with Crippen molar-refractivity contribution < 1.29 is 0 Å². The van der Waals surface area contributed by atoms with Gasteiger partial charge in [-0.25, -0.2) is 0 Å². The molecule has 0 N–H and O–H groups in total. The molecule has 2 heteroatoms. The third kappa shape index (κ3) is 3.83. The maximum atomic E-state index is 9.16. The molecule has 2 nitrogen and oxygen atoms in total. The fourth-order valence-electron chi connectivity index (χ4n) is 2.93. The minimum atomic E-state index is 0.184. The second-order valence-electron chi connectivity index (χ2n) is 6.37. The van der Waals surface area contributed by atoms with Gasteiger partial charge in [0.1, 0.15) is 17.7 Å². The van der Waals surface area contributed by atoms with E-state index < -0.39 is 0 Å². The lowest BCUT2D eigenvalue weighted by atomic mass is 9.68. The molecule has 1 aliphatic rings. The Morgan fingerprint density at radius 2 is 1.86 bits per heavy atom. The summed E-state index contributed by atoms with van der Waals surface area (Å²) >= 11 is 0. The molecule has 21 heavy (non-hydrogen) atoms. The Bertz CT molecular complexity index is 620. The van der Waals surface area contributed by atoms with E-state index in [1.165, 1.54) is 0 Å². The lowest BCUT2D eigenvalue weighted by Crippen LogP contribution is -2.24. The van der Waals surface area contributed by atoms with Crippen LogP contribution in [0.4, 0.5) is 0 Å². The molecule has 2 rings (SSSR count). The van der Waals surface area contributed by atoms with Crippen LogP contribution in [0.2, 0.25) is 0 Å². The summed E-state index contributed by atoms with van der Waals surface area (Å²) in [5.41, 5.74) is 2.71. The molecule has 0 aliphatic heterocycles. The first-order valence-electron chi connectivity index (χ1n) is 7.32. The number of nitriles is 2. The van der Waals surface area contributed by atoms with Crippen LogP contribution >= 0.6 is 0 Å². The molecular formula is C19H20N2. The molecule has 0 spiro atoms. The van der Waals surface area contributed by atoms with Crippen LogP contribution in [0.1, 0.15) is 38.7 Å². The van der Waals surface area contributed by atoms with Crippen LogP contribution in [0, 0.1) is 34.0 Å². The zero-order chi connectivity index (χ0) is 15.3. The molecule has 1 aliphatic carbocycles. The van der Waals surface area contributed by atoms with Crippen molar-refractivity contribution in [3.63, 3.8) is 0 Å². The van der Waals surface area contributed by atoms with Gasteiger partial charge in [0.25, 0.3) is 0 Å². The summed E-state index contributed by atoms with van der Waals surface area (Å²) in [5.74, 6) is 0.184. The van der Waals surface area contributed by atoms with Crippen LogP contribution < -0.4 is 0 Å². The molecule has 0 amide bonds. The molecule has 1 unspecified atom stereocenters. The van der Waals surface area contributed by atoms with E-state index >= 15 is 0 Å². The third-order valence-electron chi connectivity index (χ3n) is 4.16. The summed E-state index contributed by atoms with van der Waals surface area (Å²) in [5, 5.41) is 18.3. The van der Waals surface area contributed by atoms with E-state index in [1.807, 2.05) is 18.2 Å². The topological polar surface area (TPSA) is 47.6 Å². The highest BCUT2D eigenvalue weighted by atomic mass is 14.4. The fourth-order valence-corrected chi connectivity index (χ4v) is 2.93. The van der Waals surface area contributed by atoms with Crippen molar-refractivity contribution in [3.05, 3.63) is 53.1 Å². The lowest BCUT2D eigenvalue weighted by molar-refractivity contribution is 0.247. The number of hydrogen-bond acceptors (Lipinski definition) is 2. The van der Waals surface area contributed by atoms with Gasteiger partial charge in [0, 0.05) is 5.92 Å². The van der Waals surface area contributed by atoms with E-state index in [9.17, 15) is 0 Å². The van der Waals surface area contributed by atoms with Gasteiger partial charge in [0.15, 0.2) is 0 Å². The van der Waals surface area contributed by atoms with E-state index in [2.05, 4.69) is 50.3 Å². The monoisotopic (exact) mass is 276 g/mol.